The van der Waals surface area contributed by atoms with E-state index < -0.39 is 0 Å². The number of nitrogens with zero attached hydrogens (tertiary/aromatic N) is 2. The lowest BCUT2D eigenvalue weighted by atomic mass is 10.00. The number of carbonyl (C=O) groups excluding carboxylic acids is 2. The van der Waals surface area contributed by atoms with E-state index >= 15 is 0 Å². The quantitative estimate of drug-likeness (QED) is 0.361. The summed E-state index contributed by atoms with van der Waals surface area (Å²) >= 11 is 1.73. The maximum atomic E-state index is 13.7. The number of thiophene rings is 1. The Morgan fingerprint density at radius 2 is 1.72 bits per heavy atom. The number of carbonyl (C=O) groups is 2. The fourth-order valence-electron chi connectivity index (χ4n) is 4.47. The third kappa shape index (κ3) is 6.33. The summed E-state index contributed by atoms with van der Waals surface area (Å²) in [4.78, 5) is 31.8. The highest BCUT2D eigenvalue weighted by Crippen LogP contribution is 2.34. The zero-order valence-corrected chi connectivity index (χ0v) is 22.1. The second kappa shape index (κ2) is 12.2. The highest BCUT2D eigenvalue weighted by atomic mass is 32.1. The van der Waals surface area contributed by atoms with Gasteiger partial charge in [-0.2, -0.15) is 0 Å². The predicted molar refractivity (Wildman–Crippen MR) is 143 cm³/mol. The summed E-state index contributed by atoms with van der Waals surface area (Å²) in [6.07, 6.45) is 1.48. The van der Waals surface area contributed by atoms with Gasteiger partial charge in [-0.3, -0.25) is 9.59 Å². The summed E-state index contributed by atoms with van der Waals surface area (Å²) in [6, 6.07) is 17.3. The van der Waals surface area contributed by atoms with Crippen molar-refractivity contribution in [3.05, 3.63) is 87.1 Å². The van der Waals surface area contributed by atoms with Gasteiger partial charge in [-0.1, -0.05) is 35.4 Å². The number of ether oxygens (including phenoxy) is 2. The van der Waals surface area contributed by atoms with Crippen LogP contribution in [0.4, 0.5) is 0 Å². The first-order valence-corrected chi connectivity index (χ1v) is 13.2. The molecule has 2 amide bonds. The molecule has 190 valence electrons. The molecular weight excluding hydrogens is 472 g/mol. The Hall–Kier alpha value is -3.16. The molecule has 1 aromatic heterocycles. The lowest BCUT2D eigenvalue weighted by Crippen LogP contribution is -2.48. The van der Waals surface area contributed by atoms with Gasteiger partial charge in [0.15, 0.2) is 0 Å². The van der Waals surface area contributed by atoms with Gasteiger partial charge in [-0.05, 0) is 68.0 Å². The van der Waals surface area contributed by atoms with Gasteiger partial charge >= 0.3 is 0 Å². The van der Waals surface area contributed by atoms with Crippen molar-refractivity contribution in [3.63, 3.8) is 0 Å². The first kappa shape index (κ1) is 25.9. The van der Waals surface area contributed by atoms with Crippen molar-refractivity contribution in [2.75, 3.05) is 40.0 Å². The van der Waals surface area contributed by atoms with E-state index in [2.05, 4.69) is 11.4 Å². The molecule has 2 aromatic carbocycles. The Balaban J connectivity index is 1.51. The van der Waals surface area contributed by atoms with Crippen LogP contribution in [-0.2, 0) is 16.0 Å². The predicted octanol–water partition coefficient (Wildman–Crippen LogP) is 5.05. The van der Waals surface area contributed by atoms with Crippen LogP contribution < -0.4 is 4.74 Å². The molecular formula is C29H34N2O4S. The smallest absolute Gasteiger partial charge is 0.254 e. The molecule has 0 unspecified atom stereocenters. The summed E-state index contributed by atoms with van der Waals surface area (Å²) < 4.78 is 11.3. The largest absolute Gasteiger partial charge is 0.491 e. The van der Waals surface area contributed by atoms with Gasteiger partial charge in [-0.25, -0.2) is 0 Å². The monoisotopic (exact) mass is 506 g/mol. The number of hydrogen-bond acceptors (Lipinski definition) is 5. The molecule has 0 saturated carbocycles. The molecule has 0 saturated heterocycles. The van der Waals surface area contributed by atoms with E-state index in [0.717, 1.165) is 23.3 Å². The lowest BCUT2D eigenvalue weighted by Gasteiger charge is -2.37. The van der Waals surface area contributed by atoms with Crippen molar-refractivity contribution in [2.45, 2.75) is 32.7 Å². The minimum Gasteiger partial charge on any atom is -0.491 e. The molecule has 1 atom stereocenters. The van der Waals surface area contributed by atoms with E-state index in [1.165, 1.54) is 10.4 Å². The van der Waals surface area contributed by atoms with Crippen molar-refractivity contribution in [2.24, 2.45) is 0 Å². The van der Waals surface area contributed by atoms with Crippen LogP contribution in [0.5, 0.6) is 5.75 Å². The molecule has 3 aromatic rings. The van der Waals surface area contributed by atoms with Crippen molar-refractivity contribution in [1.29, 1.82) is 0 Å². The van der Waals surface area contributed by atoms with Gasteiger partial charge in [0.1, 0.15) is 18.9 Å². The van der Waals surface area contributed by atoms with Gasteiger partial charge in [0, 0.05) is 37.2 Å². The number of aryl methyl sites for hydroxylation is 2. The molecule has 36 heavy (non-hydrogen) atoms. The number of hydrogen-bond donors (Lipinski definition) is 0. The average molecular weight is 507 g/mol. The third-order valence-electron chi connectivity index (χ3n) is 6.53. The van der Waals surface area contributed by atoms with Gasteiger partial charge in [-0.15, -0.1) is 11.3 Å². The molecule has 6 nitrogen and oxygen atoms in total. The van der Waals surface area contributed by atoms with Crippen LogP contribution in [0.1, 0.15) is 44.4 Å². The van der Waals surface area contributed by atoms with E-state index in [9.17, 15) is 9.59 Å². The fourth-order valence-corrected chi connectivity index (χ4v) is 5.40. The van der Waals surface area contributed by atoms with Crippen LogP contribution in [0.25, 0.3) is 0 Å². The molecule has 1 aliphatic rings. The Bertz CT molecular complexity index is 1160. The van der Waals surface area contributed by atoms with Crippen molar-refractivity contribution in [3.8, 4) is 5.75 Å². The maximum Gasteiger partial charge on any atom is 0.254 e. The van der Waals surface area contributed by atoms with Crippen LogP contribution in [0.2, 0.25) is 0 Å². The first-order chi connectivity index (χ1) is 17.5. The van der Waals surface area contributed by atoms with E-state index in [0.29, 0.717) is 38.3 Å². The summed E-state index contributed by atoms with van der Waals surface area (Å²) in [5, 5.41) is 2.08. The number of amides is 2. The number of fused-ring (bicyclic) bond motifs is 1. The van der Waals surface area contributed by atoms with E-state index in [-0.39, 0.29) is 24.4 Å². The summed E-state index contributed by atoms with van der Waals surface area (Å²) in [6.45, 7) is 6.01. The van der Waals surface area contributed by atoms with Gasteiger partial charge in [0.2, 0.25) is 5.91 Å². The van der Waals surface area contributed by atoms with Crippen molar-refractivity contribution >= 4 is 23.2 Å². The van der Waals surface area contributed by atoms with Crippen molar-refractivity contribution < 1.29 is 19.1 Å². The van der Waals surface area contributed by atoms with Crippen LogP contribution in [-0.4, -0.2) is 61.6 Å². The van der Waals surface area contributed by atoms with Crippen LogP contribution in [0, 0.1) is 13.8 Å². The molecule has 7 heteroatoms. The Kier molecular flexibility index (Phi) is 8.78. The van der Waals surface area contributed by atoms with Gasteiger partial charge in [0.05, 0.1) is 6.04 Å². The summed E-state index contributed by atoms with van der Waals surface area (Å²) in [5.41, 5.74) is 3.99. The maximum absolute atomic E-state index is 13.7. The zero-order valence-electron chi connectivity index (χ0n) is 21.2. The average Bonchev–Trinajstić information content (AvgIpc) is 3.37. The minimum absolute atomic E-state index is 0.0247. The number of methoxy groups -OCH3 is 1. The fraction of sp³-hybridized carbons (Fsp3) is 0.379. The Morgan fingerprint density at radius 1 is 1.03 bits per heavy atom. The molecule has 0 spiro atoms. The molecule has 0 radical (unpaired) electrons. The second-order valence-corrected chi connectivity index (χ2v) is 10.2. The minimum atomic E-state index is -0.191. The molecule has 4 rings (SSSR count). The first-order valence-electron chi connectivity index (χ1n) is 12.4. The highest BCUT2D eigenvalue weighted by molar-refractivity contribution is 7.10. The standard InChI is InChI=1S/C29H34N2O4S/c1-21-5-9-23(10-6-21)29(33)30(15-4-17-34-3)19-28(32)31-16-13-27-25(14-18-36-27)26(31)20-35-24-11-7-22(2)8-12-24/h5-12,14,18,26H,4,13,15-17,19-20H2,1-3H3/t26-/m1/s1. The molecule has 0 bridgehead atoms. The topological polar surface area (TPSA) is 59.1 Å². The summed E-state index contributed by atoms with van der Waals surface area (Å²) in [7, 11) is 1.64. The molecule has 0 aliphatic carbocycles. The normalized spacial score (nSPS) is 14.9. The molecule has 0 N–H and O–H groups in total. The zero-order chi connectivity index (χ0) is 25.5. The van der Waals surface area contributed by atoms with Crippen molar-refractivity contribution in [1.82, 2.24) is 9.80 Å². The van der Waals surface area contributed by atoms with Crippen LogP contribution in [0.3, 0.4) is 0 Å². The molecule has 0 fully saturated rings. The number of benzene rings is 2. The van der Waals surface area contributed by atoms with Gasteiger partial charge < -0.3 is 19.3 Å². The highest BCUT2D eigenvalue weighted by Gasteiger charge is 2.33. The van der Waals surface area contributed by atoms with E-state index in [1.807, 2.05) is 67.3 Å². The third-order valence-corrected chi connectivity index (χ3v) is 7.53. The van der Waals surface area contributed by atoms with Crippen LogP contribution in [0.15, 0.2) is 60.0 Å². The van der Waals surface area contributed by atoms with E-state index in [4.69, 9.17) is 9.47 Å². The van der Waals surface area contributed by atoms with Gasteiger partial charge in [0.25, 0.3) is 5.91 Å². The second-order valence-electron chi connectivity index (χ2n) is 9.22. The number of rotatable bonds is 10. The molecule has 1 aliphatic heterocycles. The summed E-state index contributed by atoms with van der Waals surface area (Å²) in [5.74, 6) is 0.577. The van der Waals surface area contributed by atoms with Crippen LogP contribution >= 0.6 is 11.3 Å². The Morgan fingerprint density at radius 3 is 2.42 bits per heavy atom. The Labute approximate surface area is 217 Å². The SMILES string of the molecule is COCCCN(CC(=O)N1CCc2sccc2[C@H]1COc1ccc(C)cc1)C(=O)c1ccc(C)cc1. The lowest BCUT2D eigenvalue weighted by molar-refractivity contribution is -0.135. The molecule has 2 heterocycles. The van der Waals surface area contributed by atoms with E-state index in [1.54, 1.807) is 23.3 Å².